The Hall–Kier alpha value is -1.89. The zero-order valence-corrected chi connectivity index (χ0v) is 17.2. The van der Waals surface area contributed by atoms with Gasteiger partial charge < -0.3 is 20.5 Å². The highest BCUT2D eigenvalue weighted by molar-refractivity contribution is 6.33. The van der Waals surface area contributed by atoms with Gasteiger partial charge in [0, 0.05) is 31.4 Å². The fraction of sp³-hybridized carbons (Fsp3) is 0.524. The minimum Gasteiger partial charge on any atom is -0.385 e. The average molecular weight is 403 g/mol. The fourth-order valence-corrected chi connectivity index (χ4v) is 4.81. The predicted octanol–water partition coefficient (Wildman–Crippen LogP) is 3.92. The summed E-state index contributed by atoms with van der Waals surface area (Å²) in [5.41, 5.74) is 8.17. The smallest absolute Gasteiger partial charge is 0.222 e. The molecule has 6 nitrogen and oxygen atoms in total. The van der Waals surface area contributed by atoms with Gasteiger partial charge in [0.05, 0.1) is 11.8 Å². The molecule has 0 amide bonds. The van der Waals surface area contributed by atoms with Crippen molar-refractivity contribution in [2.24, 2.45) is 0 Å². The van der Waals surface area contributed by atoms with Crippen LogP contribution in [0.25, 0.3) is 0 Å². The quantitative estimate of drug-likeness (QED) is 0.788. The van der Waals surface area contributed by atoms with Gasteiger partial charge in [0.15, 0.2) is 5.82 Å². The van der Waals surface area contributed by atoms with Crippen molar-refractivity contribution in [2.45, 2.75) is 50.0 Å². The lowest BCUT2D eigenvalue weighted by molar-refractivity contribution is 0.0445. The van der Waals surface area contributed by atoms with Gasteiger partial charge in [-0.05, 0) is 36.5 Å². The number of nitrogens with zero attached hydrogens (tertiary/aromatic N) is 3. The molecule has 2 heterocycles. The SMILES string of the molecule is COCCC1(C)CN(c2nc(N)ncc2Cl)c2cc(C3(O)CCCC3)ccc21. The molecule has 0 bridgehead atoms. The van der Waals surface area contributed by atoms with Crippen LogP contribution in [0.1, 0.15) is 50.2 Å². The number of rotatable bonds is 5. The van der Waals surface area contributed by atoms with E-state index in [0.717, 1.165) is 43.4 Å². The van der Waals surface area contributed by atoms with Crippen molar-refractivity contribution < 1.29 is 9.84 Å². The number of fused-ring (bicyclic) bond motifs is 1. The Labute approximate surface area is 170 Å². The summed E-state index contributed by atoms with van der Waals surface area (Å²) in [6, 6.07) is 6.33. The Bertz CT molecular complexity index is 885. The lowest BCUT2D eigenvalue weighted by Gasteiger charge is -2.26. The number of halogens is 1. The molecule has 0 spiro atoms. The van der Waals surface area contributed by atoms with E-state index in [1.54, 1.807) is 7.11 Å². The molecule has 3 N–H and O–H groups in total. The summed E-state index contributed by atoms with van der Waals surface area (Å²) in [5.74, 6) is 0.796. The van der Waals surface area contributed by atoms with Crippen molar-refractivity contribution in [3.8, 4) is 0 Å². The Balaban J connectivity index is 1.83. The Morgan fingerprint density at radius 1 is 1.32 bits per heavy atom. The van der Waals surface area contributed by atoms with Gasteiger partial charge in [-0.1, -0.05) is 43.5 Å². The average Bonchev–Trinajstić information content (AvgIpc) is 3.25. The largest absolute Gasteiger partial charge is 0.385 e. The molecule has 1 aromatic carbocycles. The highest BCUT2D eigenvalue weighted by Crippen LogP contribution is 2.49. The standard InChI is InChI=1S/C21H27ClN4O2/c1-20(9-10-28-2)13-26(18-16(22)12-24-19(23)25-18)17-11-14(5-6-15(17)20)21(27)7-3-4-8-21/h5-6,11-12,27H,3-4,7-10,13H2,1-2H3,(H2,23,24,25). The third kappa shape index (κ3) is 3.23. The molecule has 4 rings (SSSR count). The van der Waals surface area contributed by atoms with E-state index in [4.69, 9.17) is 22.1 Å². The van der Waals surface area contributed by atoms with E-state index >= 15 is 0 Å². The van der Waals surface area contributed by atoms with Crippen LogP contribution in [-0.2, 0) is 15.8 Å². The maximum absolute atomic E-state index is 11.1. The van der Waals surface area contributed by atoms with E-state index in [9.17, 15) is 5.11 Å². The van der Waals surface area contributed by atoms with Gasteiger partial charge in [-0.2, -0.15) is 4.98 Å². The number of ether oxygens (including phenoxy) is 1. The maximum atomic E-state index is 11.1. The molecule has 2 aromatic rings. The minimum absolute atomic E-state index is 0.120. The van der Waals surface area contributed by atoms with Crippen molar-refractivity contribution in [3.05, 3.63) is 40.5 Å². The van der Waals surface area contributed by atoms with Crippen LogP contribution >= 0.6 is 11.6 Å². The first-order valence-electron chi connectivity index (χ1n) is 9.78. The number of nitrogens with two attached hydrogens (primary N) is 1. The molecule has 1 fully saturated rings. The number of hydrogen-bond acceptors (Lipinski definition) is 6. The molecule has 1 aliphatic carbocycles. The summed E-state index contributed by atoms with van der Waals surface area (Å²) in [5, 5.41) is 11.6. The van der Waals surface area contributed by atoms with Crippen molar-refractivity contribution in [1.29, 1.82) is 0 Å². The third-order valence-electron chi connectivity index (χ3n) is 6.27. The first-order valence-corrected chi connectivity index (χ1v) is 10.2. The molecule has 0 saturated heterocycles. The van der Waals surface area contributed by atoms with E-state index in [1.165, 1.54) is 11.8 Å². The van der Waals surface area contributed by atoms with Gasteiger partial charge >= 0.3 is 0 Å². The molecule has 28 heavy (non-hydrogen) atoms. The number of benzene rings is 1. The summed E-state index contributed by atoms with van der Waals surface area (Å²) < 4.78 is 5.36. The van der Waals surface area contributed by atoms with Crippen LogP contribution in [-0.4, -0.2) is 35.3 Å². The zero-order chi connectivity index (χ0) is 19.9. The monoisotopic (exact) mass is 402 g/mol. The van der Waals surface area contributed by atoms with Crippen LogP contribution in [0.4, 0.5) is 17.5 Å². The first-order chi connectivity index (χ1) is 13.4. The van der Waals surface area contributed by atoms with Gasteiger partial charge in [0.25, 0.3) is 0 Å². The lowest BCUT2D eigenvalue weighted by atomic mass is 9.80. The highest BCUT2D eigenvalue weighted by atomic mass is 35.5. The predicted molar refractivity (Wildman–Crippen MR) is 111 cm³/mol. The molecule has 1 unspecified atom stereocenters. The van der Waals surface area contributed by atoms with Crippen molar-refractivity contribution in [3.63, 3.8) is 0 Å². The Kier molecular flexibility index (Phi) is 4.98. The summed E-state index contributed by atoms with van der Waals surface area (Å²) in [4.78, 5) is 10.5. The van der Waals surface area contributed by atoms with Gasteiger partial charge in [-0.15, -0.1) is 0 Å². The van der Waals surface area contributed by atoms with Crippen LogP contribution in [0.15, 0.2) is 24.4 Å². The van der Waals surface area contributed by atoms with Crippen LogP contribution in [0.5, 0.6) is 0 Å². The zero-order valence-electron chi connectivity index (χ0n) is 16.4. The molecule has 0 radical (unpaired) electrons. The van der Waals surface area contributed by atoms with Crippen molar-refractivity contribution in [1.82, 2.24) is 9.97 Å². The van der Waals surface area contributed by atoms with Crippen LogP contribution < -0.4 is 10.6 Å². The molecule has 1 aromatic heterocycles. The van der Waals surface area contributed by atoms with E-state index < -0.39 is 5.60 Å². The summed E-state index contributed by atoms with van der Waals surface area (Å²) in [7, 11) is 1.72. The molecule has 1 saturated carbocycles. The lowest BCUT2D eigenvalue weighted by Crippen LogP contribution is -2.30. The Morgan fingerprint density at radius 3 is 2.79 bits per heavy atom. The highest BCUT2D eigenvalue weighted by Gasteiger charge is 2.42. The van der Waals surface area contributed by atoms with E-state index in [-0.39, 0.29) is 11.4 Å². The third-order valence-corrected chi connectivity index (χ3v) is 6.54. The molecular weight excluding hydrogens is 376 g/mol. The number of hydrogen-bond donors (Lipinski definition) is 2. The number of aliphatic hydroxyl groups is 1. The second-order valence-electron chi connectivity index (χ2n) is 8.26. The van der Waals surface area contributed by atoms with Gasteiger partial charge in [0.2, 0.25) is 5.95 Å². The summed E-state index contributed by atoms with van der Waals surface area (Å²) >= 11 is 6.44. The van der Waals surface area contributed by atoms with Gasteiger partial charge in [-0.25, -0.2) is 4.98 Å². The van der Waals surface area contributed by atoms with Gasteiger partial charge in [0.1, 0.15) is 5.02 Å². The number of anilines is 3. The molecule has 7 heteroatoms. The van der Waals surface area contributed by atoms with Crippen LogP contribution in [0.3, 0.4) is 0 Å². The topological polar surface area (TPSA) is 84.5 Å². The second-order valence-corrected chi connectivity index (χ2v) is 8.67. The number of nitrogen functional groups attached to an aromatic ring is 1. The van der Waals surface area contributed by atoms with E-state index in [0.29, 0.717) is 24.0 Å². The summed E-state index contributed by atoms with van der Waals surface area (Å²) in [6.07, 6.45) is 6.11. The van der Waals surface area contributed by atoms with Crippen molar-refractivity contribution >= 4 is 29.1 Å². The number of aromatic nitrogens is 2. The Morgan fingerprint density at radius 2 is 2.07 bits per heavy atom. The maximum Gasteiger partial charge on any atom is 0.222 e. The van der Waals surface area contributed by atoms with E-state index in [2.05, 4.69) is 40.0 Å². The first kappa shape index (κ1) is 19.4. The van der Waals surface area contributed by atoms with Crippen LogP contribution in [0, 0.1) is 0 Å². The number of methoxy groups -OCH3 is 1. The van der Waals surface area contributed by atoms with Gasteiger partial charge in [-0.3, -0.25) is 0 Å². The molecular formula is C21H27ClN4O2. The molecule has 150 valence electrons. The summed E-state index contributed by atoms with van der Waals surface area (Å²) in [6.45, 7) is 3.60. The molecule has 1 aliphatic heterocycles. The fourth-order valence-electron chi connectivity index (χ4n) is 4.61. The minimum atomic E-state index is -0.749. The van der Waals surface area contributed by atoms with Crippen molar-refractivity contribution in [2.75, 3.05) is 30.9 Å². The van der Waals surface area contributed by atoms with E-state index in [1.807, 2.05) is 0 Å². The molecule has 1 atom stereocenters. The van der Waals surface area contributed by atoms with Crippen LogP contribution in [0.2, 0.25) is 5.02 Å². The normalized spacial score (nSPS) is 23.2. The second kappa shape index (κ2) is 7.17. The molecule has 2 aliphatic rings.